The number of aromatic amines is 1. The van der Waals surface area contributed by atoms with Gasteiger partial charge >= 0.3 is 0 Å². The van der Waals surface area contributed by atoms with Crippen LogP contribution < -0.4 is 21.3 Å². The first kappa shape index (κ1) is 23.9. The van der Waals surface area contributed by atoms with Crippen LogP contribution in [-0.4, -0.2) is 64.5 Å². The Hall–Kier alpha value is -2.42. The highest BCUT2D eigenvalue weighted by atomic mass is 32.1. The molecule has 194 valence electrons. The van der Waals surface area contributed by atoms with E-state index in [1.807, 2.05) is 24.4 Å². The summed E-state index contributed by atoms with van der Waals surface area (Å²) in [4.78, 5) is 7.71. The van der Waals surface area contributed by atoms with Gasteiger partial charge in [0, 0.05) is 18.4 Å². The first-order chi connectivity index (χ1) is 17.2. The van der Waals surface area contributed by atoms with Gasteiger partial charge in [-0.05, 0) is 50.2 Å². The average molecular weight is 524 g/mol. The second kappa shape index (κ2) is 8.85. The minimum absolute atomic E-state index is 0.0438. The smallest absolute Gasteiger partial charge is 0.214 e. The highest BCUT2D eigenvalue weighted by Gasteiger charge is 2.58. The van der Waals surface area contributed by atoms with Crippen molar-refractivity contribution >= 4 is 29.5 Å². The standard InChI is InChI=1S/C23H28F2N6O4S/c1-23(2)34-18-15(9-16(19(18)35-23)33-6-5-32)31-21-17(29-30-31)20(27-22(36)28-21)26-14-8-11(14)10-3-4-12(24)13(25)7-10/h3-4,7,11,14-16,18-19,29-30,32H,5-6,8-9H2,1-2H3,(H2,26,27,28,36)/p+1/t11-,14+,15+,16-,18-,19+/m0/s1. The number of anilines is 3. The van der Waals surface area contributed by atoms with Gasteiger partial charge in [-0.2, -0.15) is 9.99 Å². The zero-order valence-corrected chi connectivity index (χ0v) is 20.6. The number of halogens is 2. The summed E-state index contributed by atoms with van der Waals surface area (Å²) < 4.78 is 45.6. The third-order valence-corrected chi connectivity index (χ3v) is 7.35. The van der Waals surface area contributed by atoms with Gasteiger partial charge in [0.05, 0.1) is 19.3 Å². The lowest BCUT2D eigenvalue weighted by Crippen LogP contribution is -2.97. The number of aliphatic hydroxyl groups is 1. The number of H-pyrrole nitrogens is 1. The summed E-state index contributed by atoms with van der Waals surface area (Å²) >= 11 is 5.43. The summed E-state index contributed by atoms with van der Waals surface area (Å²) in [6, 6.07) is 3.96. The molecule has 3 fully saturated rings. The molecule has 13 heteroatoms. The van der Waals surface area contributed by atoms with Crippen LogP contribution in [0.1, 0.15) is 38.2 Å². The molecule has 0 unspecified atom stereocenters. The van der Waals surface area contributed by atoms with Crippen LogP contribution >= 0.6 is 12.2 Å². The van der Waals surface area contributed by atoms with Crippen molar-refractivity contribution in [1.29, 1.82) is 0 Å². The molecule has 1 aromatic heterocycles. The van der Waals surface area contributed by atoms with Crippen molar-refractivity contribution in [2.75, 3.05) is 29.0 Å². The van der Waals surface area contributed by atoms with E-state index in [0.29, 0.717) is 22.8 Å². The number of benzene rings is 1. The fraction of sp³-hybridized carbons (Fsp3) is 0.565. The lowest BCUT2D eigenvalue weighted by Gasteiger charge is -2.26. The molecule has 2 aliphatic heterocycles. The van der Waals surface area contributed by atoms with Gasteiger partial charge in [0.25, 0.3) is 0 Å². The molecule has 0 radical (unpaired) electrons. The van der Waals surface area contributed by atoms with Crippen LogP contribution in [0, 0.1) is 16.4 Å². The van der Waals surface area contributed by atoms with Gasteiger partial charge in [0.2, 0.25) is 10.6 Å². The quantitative estimate of drug-likeness (QED) is 0.273. The Labute approximate surface area is 211 Å². The molecule has 4 aliphatic rings. The molecule has 1 saturated heterocycles. The number of fused-ring (bicyclic) bond motifs is 2. The van der Waals surface area contributed by atoms with Gasteiger partial charge in [-0.1, -0.05) is 6.07 Å². The molecule has 36 heavy (non-hydrogen) atoms. The molecule has 3 heterocycles. The average Bonchev–Trinajstić information content (AvgIpc) is 3.16. The third kappa shape index (κ3) is 4.23. The van der Waals surface area contributed by atoms with Crippen LogP contribution in [0.2, 0.25) is 0 Å². The summed E-state index contributed by atoms with van der Waals surface area (Å²) in [7, 11) is 0. The van der Waals surface area contributed by atoms with Crippen molar-refractivity contribution in [2.24, 2.45) is 0 Å². The van der Waals surface area contributed by atoms with Crippen molar-refractivity contribution < 1.29 is 33.6 Å². The van der Waals surface area contributed by atoms with Crippen LogP contribution in [0.5, 0.6) is 0 Å². The molecule has 2 saturated carbocycles. The van der Waals surface area contributed by atoms with E-state index in [4.69, 9.17) is 26.4 Å². The SMILES string of the molecule is CC1(C)O[C@@H]2[C@H](O1)[C@@H](OCCO)C[C@H]2N1[NH2+]Nc2c1nc(=S)[nH]c2N[C@@H]1C[C@H]1c1ccc(F)c(F)c1. The molecule has 6 atom stereocenters. The normalized spacial score (nSPS) is 31.8. The zero-order valence-electron chi connectivity index (χ0n) is 19.8. The van der Waals surface area contributed by atoms with Crippen molar-refractivity contribution in [1.82, 2.24) is 9.97 Å². The van der Waals surface area contributed by atoms with Gasteiger partial charge in [-0.15, -0.1) is 5.53 Å². The number of aliphatic hydroxyl groups excluding tert-OH is 1. The third-order valence-electron chi connectivity index (χ3n) is 7.16. The molecule has 0 bridgehead atoms. The maximum atomic E-state index is 13.7. The van der Waals surface area contributed by atoms with Gasteiger partial charge in [-0.25, -0.2) is 14.2 Å². The minimum Gasteiger partial charge on any atom is -0.394 e. The van der Waals surface area contributed by atoms with E-state index in [1.54, 1.807) is 6.07 Å². The Bertz CT molecular complexity index is 1230. The largest absolute Gasteiger partial charge is 0.394 e. The highest BCUT2D eigenvalue weighted by Crippen LogP contribution is 2.46. The van der Waals surface area contributed by atoms with E-state index in [1.165, 1.54) is 6.07 Å². The number of nitrogens with one attached hydrogen (secondary N) is 3. The number of hydrogen-bond acceptors (Lipinski definition) is 9. The molecule has 2 aliphatic carbocycles. The maximum absolute atomic E-state index is 13.7. The number of hydrogen-bond donors (Lipinski definition) is 5. The van der Waals surface area contributed by atoms with Crippen LogP contribution in [0.25, 0.3) is 0 Å². The van der Waals surface area contributed by atoms with Crippen molar-refractivity contribution in [3.8, 4) is 0 Å². The number of quaternary nitrogens is 1. The van der Waals surface area contributed by atoms with Crippen molar-refractivity contribution in [3.63, 3.8) is 0 Å². The lowest BCUT2D eigenvalue weighted by atomic mass is 10.1. The highest BCUT2D eigenvalue weighted by molar-refractivity contribution is 7.71. The molecule has 0 amide bonds. The zero-order chi connectivity index (χ0) is 25.2. The Morgan fingerprint density at radius 2 is 2.08 bits per heavy atom. The predicted octanol–water partition coefficient (Wildman–Crippen LogP) is 1.68. The molecular weight excluding hydrogens is 494 g/mol. The monoisotopic (exact) mass is 523 g/mol. The number of aromatic nitrogens is 2. The van der Waals surface area contributed by atoms with Crippen molar-refractivity contribution in [3.05, 3.63) is 40.2 Å². The van der Waals surface area contributed by atoms with Gasteiger partial charge in [0.15, 0.2) is 23.1 Å². The summed E-state index contributed by atoms with van der Waals surface area (Å²) in [5.41, 5.74) is 6.64. The summed E-state index contributed by atoms with van der Waals surface area (Å²) in [5, 5.41) is 14.7. The van der Waals surface area contributed by atoms with Crippen LogP contribution in [-0.2, 0) is 14.2 Å². The molecule has 2 aromatic rings. The van der Waals surface area contributed by atoms with Gasteiger partial charge in [0.1, 0.15) is 24.1 Å². The van der Waals surface area contributed by atoms with E-state index in [2.05, 4.69) is 20.7 Å². The lowest BCUT2D eigenvalue weighted by molar-refractivity contribution is -0.637. The van der Waals surface area contributed by atoms with E-state index >= 15 is 0 Å². The fourth-order valence-electron chi connectivity index (χ4n) is 5.54. The number of nitrogens with zero attached hydrogens (tertiary/aromatic N) is 2. The maximum Gasteiger partial charge on any atom is 0.214 e. The van der Waals surface area contributed by atoms with E-state index < -0.39 is 17.4 Å². The minimum atomic E-state index is -0.849. The van der Waals surface area contributed by atoms with E-state index in [-0.39, 0.29) is 49.5 Å². The first-order valence-corrected chi connectivity index (χ1v) is 12.5. The fourth-order valence-corrected chi connectivity index (χ4v) is 5.73. The van der Waals surface area contributed by atoms with Crippen LogP contribution in [0.15, 0.2) is 18.2 Å². The molecule has 6 N–H and O–H groups in total. The topological polar surface area (TPSA) is 121 Å². The number of nitrogen functional groups attached to an aromatic ring is 1. The van der Waals surface area contributed by atoms with Crippen molar-refractivity contribution in [2.45, 2.75) is 68.8 Å². The summed E-state index contributed by atoms with van der Waals surface area (Å²) in [6.45, 7) is 3.91. The molecular formula is C23H29F2N6O4S+. The van der Waals surface area contributed by atoms with Crippen LogP contribution in [0.3, 0.4) is 0 Å². The predicted molar refractivity (Wildman–Crippen MR) is 128 cm³/mol. The number of nitrogens with two attached hydrogens (primary N) is 1. The Morgan fingerprint density at radius 1 is 1.28 bits per heavy atom. The first-order valence-electron chi connectivity index (χ1n) is 12.1. The molecule has 1 aromatic carbocycles. The van der Waals surface area contributed by atoms with E-state index in [0.717, 1.165) is 23.7 Å². The Morgan fingerprint density at radius 3 is 2.86 bits per heavy atom. The Balaban J connectivity index is 1.23. The Kier molecular flexibility index (Phi) is 5.89. The van der Waals surface area contributed by atoms with Gasteiger partial charge < -0.3 is 29.6 Å². The molecule has 10 nitrogen and oxygen atoms in total. The van der Waals surface area contributed by atoms with Gasteiger partial charge in [-0.3, -0.25) is 0 Å². The molecule has 0 spiro atoms. The number of ether oxygens (including phenoxy) is 3. The molecule has 6 rings (SSSR count). The van der Waals surface area contributed by atoms with Crippen LogP contribution in [0.4, 0.5) is 26.1 Å². The second-order valence-corrected chi connectivity index (χ2v) is 10.5. The second-order valence-electron chi connectivity index (χ2n) is 10.1. The summed E-state index contributed by atoms with van der Waals surface area (Å²) in [6.07, 6.45) is 0.649. The summed E-state index contributed by atoms with van der Waals surface area (Å²) in [5.74, 6) is -1.03. The van der Waals surface area contributed by atoms with E-state index in [9.17, 15) is 13.9 Å². The number of rotatable bonds is 7.